The first kappa shape index (κ1) is 20.6. The zero-order chi connectivity index (χ0) is 15.5. The lowest BCUT2D eigenvalue weighted by Gasteiger charge is -2.11. The average Bonchev–Trinajstić information content (AvgIpc) is 2.52. The molecule has 0 spiro atoms. The van der Waals surface area contributed by atoms with Crippen molar-refractivity contribution >= 4 is 35.8 Å². The lowest BCUT2D eigenvalue weighted by atomic mass is 10.1. The number of carbonyl (C=O) groups excluding carboxylic acids is 1. The minimum absolute atomic E-state index is 0. The number of benzene rings is 1. The maximum atomic E-state index is 11.6. The molecular formula is C15H25IN4O2. The zero-order valence-electron chi connectivity index (χ0n) is 13.1. The molecule has 0 radical (unpaired) electrons. The van der Waals surface area contributed by atoms with Gasteiger partial charge in [-0.2, -0.15) is 0 Å². The third kappa shape index (κ3) is 7.60. The van der Waals surface area contributed by atoms with Crippen molar-refractivity contribution in [2.75, 3.05) is 33.3 Å². The van der Waals surface area contributed by atoms with Gasteiger partial charge in [-0.05, 0) is 31.0 Å². The van der Waals surface area contributed by atoms with Gasteiger partial charge in [-0.15, -0.1) is 24.0 Å². The molecule has 6 nitrogen and oxygen atoms in total. The van der Waals surface area contributed by atoms with Gasteiger partial charge >= 0.3 is 0 Å². The van der Waals surface area contributed by atoms with Crippen LogP contribution in [0.1, 0.15) is 22.8 Å². The Balaban J connectivity index is 0.00000441. The van der Waals surface area contributed by atoms with Crippen LogP contribution in [0.15, 0.2) is 29.3 Å². The molecule has 1 amide bonds. The van der Waals surface area contributed by atoms with Crippen molar-refractivity contribution in [3.63, 3.8) is 0 Å². The molecule has 0 saturated heterocycles. The van der Waals surface area contributed by atoms with Gasteiger partial charge in [0.1, 0.15) is 0 Å². The fourth-order valence-corrected chi connectivity index (χ4v) is 1.84. The predicted molar refractivity (Wildman–Crippen MR) is 100 cm³/mol. The maximum absolute atomic E-state index is 11.6. The molecule has 22 heavy (non-hydrogen) atoms. The molecule has 4 N–H and O–H groups in total. The van der Waals surface area contributed by atoms with Crippen LogP contribution in [-0.4, -0.2) is 50.3 Å². The van der Waals surface area contributed by atoms with Crippen LogP contribution in [0.5, 0.6) is 0 Å². The number of rotatable bonds is 7. The quantitative estimate of drug-likeness (QED) is 0.298. The molecule has 0 saturated carbocycles. The van der Waals surface area contributed by atoms with Crippen LogP contribution < -0.4 is 16.0 Å². The molecule has 0 fully saturated rings. The molecule has 7 heteroatoms. The minimum Gasteiger partial charge on any atom is -0.394 e. The second kappa shape index (κ2) is 12.2. The van der Waals surface area contributed by atoms with Crippen LogP contribution in [0.4, 0.5) is 0 Å². The summed E-state index contributed by atoms with van der Waals surface area (Å²) in [5.41, 5.74) is 1.75. The highest BCUT2D eigenvalue weighted by Crippen LogP contribution is 2.05. The molecule has 0 heterocycles. The maximum Gasteiger partial charge on any atom is 0.251 e. The van der Waals surface area contributed by atoms with Crippen molar-refractivity contribution in [2.24, 2.45) is 4.99 Å². The van der Waals surface area contributed by atoms with Gasteiger partial charge in [0, 0.05) is 25.7 Å². The zero-order valence-corrected chi connectivity index (χ0v) is 15.4. The van der Waals surface area contributed by atoms with E-state index in [0.29, 0.717) is 24.6 Å². The molecule has 0 unspecified atom stereocenters. The topological polar surface area (TPSA) is 85.8 Å². The number of carbonyl (C=O) groups is 1. The van der Waals surface area contributed by atoms with Gasteiger partial charge in [-0.1, -0.05) is 12.1 Å². The van der Waals surface area contributed by atoms with E-state index in [1.807, 2.05) is 25.1 Å². The molecule has 0 bridgehead atoms. The predicted octanol–water partition coefficient (Wildman–Crippen LogP) is 0.754. The minimum atomic E-state index is -0.0809. The summed E-state index contributed by atoms with van der Waals surface area (Å²) in [5.74, 6) is 0.608. The van der Waals surface area contributed by atoms with Gasteiger partial charge in [0.2, 0.25) is 0 Å². The Morgan fingerprint density at radius 3 is 2.73 bits per heavy atom. The monoisotopic (exact) mass is 420 g/mol. The lowest BCUT2D eigenvalue weighted by Crippen LogP contribution is -2.38. The van der Waals surface area contributed by atoms with E-state index in [2.05, 4.69) is 20.9 Å². The fourth-order valence-electron chi connectivity index (χ4n) is 1.84. The second-order valence-electron chi connectivity index (χ2n) is 4.44. The van der Waals surface area contributed by atoms with E-state index >= 15 is 0 Å². The van der Waals surface area contributed by atoms with Crippen molar-refractivity contribution < 1.29 is 9.90 Å². The van der Waals surface area contributed by atoms with E-state index in [4.69, 9.17) is 5.11 Å². The third-order valence-electron chi connectivity index (χ3n) is 2.84. The molecule has 1 aromatic rings. The largest absolute Gasteiger partial charge is 0.394 e. The van der Waals surface area contributed by atoms with Crippen LogP contribution in [-0.2, 0) is 6.42 Å². The average molecular weight is 420 g/mol. The second-order valence-corrected chi connectivity index (χ2v) is 4.44. The van der Waals surface area contributed by atoms with Gasteiger partial charge in [0.05, 0.1) is 13.2 Å². The summed E-state index contributed by atoms with van der Waals surface area (Å²) < 4.78 is 0. The van der Waals surface area contributed by atoms with Crippen LogP contribution in [0.2, 0.25) is 0 Å². The number of amides is 1. The molecule has 0 atom stereocenters. The Kier molecular flexibility index (Phi) is 11.5. The number of nitrogens with zero attached hydrogens (tertiary/aromatic N) is 1. The molecular weight excluding hydrogens is 395 g/mol. The summed E-state index contributed by atoms with van der Waals surface area (Å²) in [4.78, 5) is 15.8. The SMILES string of the molecule is CCNC(=NCCO)NCCc1cccc(C(=O)NC)c1.I. The lowest BCUT2D eigenvalue weighted by molar-refractivity contribution is 0.0963. The molecule has 0 aliphatic rings. The summed E-state index contributed by atoms with van der Waals surface area (Å²) in [6.07, 6.45) is 0.786. The highest BCUT2D eigenvalue weighted by atomic mass is 127. The van der Waals surface area contributed by atoms with Crippen molar-refractivity contribution in [1.29, 1.82) is 0 Å². The van der Waals surface area contributed by atoms with Crippen LogP contribution in [0, 0.1) is 0 Å². The number of aliphatic hydroxyl groups is 1. The normalized spacial score (nSPS) is 10.6. The number of aliphatic hydroxyl groups excluding tert-OH is 1. The van der Waals surface area contributed by atoms with E-state index in [-0.39, 0.29) is 36.5 Å². The molecule has 1 aromatic carbocycles. The van der Waals surface area contributed by atoms with Gasteiger partial charge in [0.15, 0.2) is 5.96 Å². The standard InChI is InChI=1S/C15H24N4O2.HI/c1-3-17-15(19-9-10-20)18-8-7-12-5-4-6-13(11-12)14(21)16-2;/h4-6,11,20H,3,7-10H2,1-2H3,(H,16,21)(H2,17,18,19);1H. The van der Waals surface area contributed by atoms with Crippen molar-refractivity contribution in [1.82, 2.24) is 16.0 Å². The van der Waals surface area contributed by atoms with Gasteiger partial charge < -0.3 is 21.1 Å². The van der Waals surface area contributed by atoms with E-state index < -0.39 is 0 Å². The van der Waals surface area contributed by atoms with E-state index in [1.54, 1.807) is 13.1 Å². The smallest absolute Gasteiger partial charge is 0.251 e. The van der Waals surface area contributed by atoms with Crippen molar-refractivity contribution in [3.05, 3.63) is 35.4 Å². The first-order valence-corrected chi connectivity index (χ1v) is 7.15. The van der Waals surface area contributed by atoms with E-state index in [9.17, 15) is 4.79 Å². The first-order valence-electron chi connectivity index (χ1n) is 7.15. The van der Waals surface area contributed by atoms with Crippen LogP contribution in [0.3, 0.4) is 0 Å². The summed E-state index contributed by atoms with van der Waals surface area (Å²) in [6, 6.07) is 7.55. The highest BCUT2D eigenvalue weighted by molar-refractivity contribution is 14.0. The van der Waals surface area contributed by atoms with Crippen molar-refractivity contribution in [2.45, 2.75) is 13.3 Å². The Hall–Kier alpha value is -1.35. The number of halogens is 1. The Morgan fingerprint density at radius 2 is 2.09 bits per heavy atom. The number of aliphatic imine (C=N–C) groups is 1. The number of hydrogen-bond donors (Lipinski definition) is 4. The third-order valence-corrected chi connectivity index (χ3v) is 2.84. The van der Waals surface area contributed by atoms with Crippen molar-refractivity contribution in [3.8, 4) is 0 Å². The van der Waals surface area contributed by atoms with Crippen LogP contribution in [0.25, 0.3) is 0 Å². The summed E-state index contributed by atoms with van der Waals surface area (Å²) >= 11 is 0. The summed E-state index contributed by atoms with van der Waals surface area (Å²) in [7, 11) is 1.62. The van der Waals surface area contributed by atoms with Gasteiger partial charge in [-0.3, -0.25) is 9.79 Å². The fraction of sp³-hybridized carbons (Fsp3) is 0.467. The molecule has 0 aromatic heterocycles. The van der Waals surface area contributed by atoms with Crippen LogP contribution >= 0.6 is 24.0 Å². The molecule has 0 aliphatic carbocycles. The summed E-state index contributed by atoms with van der Waals surface area (Å²) in [6.45, 7) is 3.87. The number of guanidine groups is 1. The Bertz CT molecular complexity index is 480. The highest BCUT2D eigenvalue weighted by Gasteiger charge is 2.03. The summed E-state index contributed by atoms with van der Waals surface area (Å²) in [5, 5.41) is 17.7. The van der Waals surface area contributed by atoms with E-state index in [0.717, 1.165) is 18.5 Å². The Labute approximate surface area is 148 Å². The Morgan fingerprint density at radius 1 is 1.32 bits per heavy atom. The van der Waals surface area contributed by atoms with E-state index in [1.165, 1.54) is 0 Å². The molecule has 0 aliphatic heterocycles. The molecule has 1 rings (SSSR count). The number of nitrogens with one attached hydrogen (secondary N) is 3. The number of hydrogen-bond acceptors (Lipinski definition) is 3. The first-order chi connectivity index (χ1) is 10.2. The van der Waals surface area contributed by atoms with Gasteiger partial charge in [-0.25, -0.2) is 0 Å². The molecule has 124 valence electrons. The van der Waals surface area contributed by atoms with Gasteiger partial charge in [0.25, 0.3) is 5.91 Å².